The summed E-state index contributed by atoms with van der Waals surface area (Å²) in [4.78, 5) is 22.3. The Labute approximate surface area is 182 Å². The van der Waals surface area contributed by atoms with Gasteiger partial charge in [0.2, 0.25) is 10.0 Å². The van der Waals surface area contributed by atoms with E-state index in [2.05, 4.69) is 10.2 Å². The Hall–Kier alpha value is -2.21. The van der Waals surface area contributed by atoms with Gasteiger partial charge in [0.15, 0.2) is 6.61 Å². The largest absolute Gasteiger partial charge is 0.483 e. The van der Waals surface area contributed by atoms with Crippen LogP contribution in [0.3, 0.4) is 0 Å². The Balaban J connectivity index is 0.000000858. The molecule has 3 aliphatic rings. The SMILES string of the molecule is CO[C@@H]1C[C@H]2CN(S(=O)(=O)c3ccc4c(c3)NC(=O)CO4)C[C@H]2C[C@H]1N(C)C.O=CO. The molecule has 1 saturated heterocycles. The molecule has 1 amide bonds. The van der Waals surface area contributed by atoms with E-state index >= 15 is 0 Å². The Morgan fingerprint density at radius 1 is 1.26 bits per heavy atom. The van der Waals surface area contributed by atoms with Crippen molar-refractivity contribution in [3.05, 3.63) is 18.2 Å². The number of hydrogen-bond acceptors (Lipinski definition) is 7. The standard InChI is InChI=1S/C19H27N3O5S.CH2O2/c1-21(2)16-6-12-9-22(10-13(12)7-18(16)26-3)28(24,25)14-4-5-17-15(8-14)20-19(23)11-27-17;2-1-3/h4-5,8,12-13,16,18H,6-7,9-11H2,1-3H3,(H,20,23);1H,(H,2,3)/t12-,13+,16-,18-;/m1./s1. The molecule has 1 saturated carbocycles. The second-order valence-electron chi connectivity index (χ2n) is 8.22. The predicted octanol–water partition coefficient (Wildman–Crippen LogP) is 0.694. The van der Waals surface area contributed by atoms with Crippen molar-refractivity contribution in [3.63, 3.8) is 0 Å². The molecule has 1 aliphatic carbocycles. The summed E-state index contributed by atoms with van der Waals surface area (Å²) in [5.41, 5.74) is 0.404. The van der Waals surface area contributed by atoms with E-state index in [1.807, 2.05) is 14.1 Å². The number of rotatable bonds is 4. The van der Waals surface area contributed by atoms with Crippen LogP contribution in [-0.4, -0.2) is 88.2 Å². The average Bonchev–Trinajstić information content (AvgIpc) is 3.16. The van der Waals surface area contributed by atoms with Crippen molar-refractivity contribution in [2.24, 2.45) is 11.8 Å². The Morgan fingerprint density at radius 2 is 1.90 bits per heavy atom. The third-order valence-electron chi connectivity index (χ3n) is 6.24. The van der Waals surface area contributed by atoms with E-state index in [9.17, 15) is 13.2 Å². The zero-order valence-electron chi connectivity index (χ0n) is 17.9. The van der Waals surface area contributed by atoms with E-state index in [4.69, 9.17) is 19.4 Å². The summed E-state index contributed by atoms with van der Waals surface area (Å²) in [7, 11) is 2.18. The number of hydrogen-bond donors (Lipinski definition) is 2. The van der Waals surface area contributed by atoms with Crippen LogP contribution in [0.4, 0.5) is 5.69 Å². The molecule has 1 aromatic rings. The summed E-state index contributed by atoms with van der Waals surface area (Å²) >= 11 is 0. The van der Waals surface area contributed by atoms with Crippen LogP contribution >= 0.6 is 0 Å². The molecule has 4 atom stereocenters. The number of benzene rings is 1. The molecule has 1 aromatic carbocycles. The van der Waals surface area contributed by atoms with Crippen LogP contribution in [-0.2, 0) is 24.3 Å². The lowest BCUT2D eigenvalue weighted by Crippen LogP contribution is -2.47. The van der Waals surface area contributed by atoms with Crippen LogP contribution in [0.15, 0.2) is 23.1 Å². The highest BCUT2D eigenvalue weighted by atomic mass is 32.2. The molecule has 0 spiro atoms. The van der Waals surface area contributed by atoms with Crippen LogP contribution in [0.1, 0.15) is 12.8 Å². The van der Waals surface area contributed by atoms with Gasteiger partial charge in [0, 0.05) is 26.2 Å². The number of sulfonamides is 1. The first kappa shape index (κ1) is 23.5. The van der Waals surface area contributed by atoms with Gasteiger partial charge in [-0.3, -0.25) is 9.59 Å². The van der Waals surface area contributed by atoms with Gasteiger partial charge in [-0.05, 0) is 57.0 Å². The van der Waals surface area contributed by atoms with Crippen LogP contribution in [0.5, 0.6) is 5.75 Å². The smallest absolute Gasteiger partial charge is 0.290 e. The van der Waals surface area contributed by atoms with Crippen molar-refractivity contribution in [1.82, 2.24) is 9.21 Å². The lowest BCUT2D eigenvalue weighted by Gasteiger charge is -2.40. The minimum atomic E-state index is -3.64. The molecular weight excluding hydrogens is 426 g/mol. The van der Waals surface area contributed by atoms with E-state index in [0.29, 0.717) is 42.4 Å². The Kier molecular flexibility index (Phi) is 7.20. The minimum Gasteiger partial charge on any atom is -0.483 e. The highest BCUT2D eigenvalue weighted by Crippen LogP contribution is 2.41. The van der Waals surface area contributed by atoms with Crippen molar-refractivity contribution in [3.8, 4) is 5.75 Å². The van der Waals surface area contributed by atoms with Gasteiger partial charge in [0.1, 0.15) is 5.75 Å². The molecular formula is C20H29N3O7S. The second-order valence-corrected chi connectivity index (χ2v) is 10.2. The molecule has 4 rings (SSSR count). The number of carbonyl (C=O) groups is 2. The summed E-state index contributed by atoms with van der Waals surface area (Å²) in [6.45, 7) is 0.725. The normalized spacial score (nSPS) is 27.9. The number of ether oxygens (including phenoxy) is 2. The maximum absolute atomic E-state index is 13.2. The zero-order chi connectivity index (χ0) is 22.8. The van der Waals surface area contributed by atoms with Gasteiger partial charge in [0.25, 0.3) is 12.4 Å². The molecule has 10 nitrogen and oxygen atoms in total. The van der Waals surface area contributed by atoms with Crippen LogP contribution in [0.2, 0.25) is 0 Å². The van der Waals surface area contributed by atoms with E-state index < -0.39 is 10.0 Å². The number of methoxy groups -OCH3 is 1. The first-order chi connectivity index (χ1) is 14.7. The van der Waals surface area contributed by atoms with Crippen LogP contribution < -0.4 is 10.1 Å². The van der Waals surface area contributed by atoms with Crippen molar-refractivity contribution in [2.45, 2.75) is 29.9 Å². The van der Waals surface area contributed by atoms with Crippen molar-refractivity contribution >= 4 is 28.1 Å². The van der Waals surface area contributed by atoms with Gasteiger partial charge in [-0.15, -0.1) is 0 Å². The molecule has 2 aliphatic heterocycles. The fourth-order valence-corrected chi connectivity index (χ4v) is 6.29. The van der Waals surface area contributed by atoms with Gasteiger partial charge < -0.3 is 24.8 Å². The second kappa shape index (κ2) is 9.51. The van der Waals surface area contributed by atoms with Crippen molar-refractivity contribution < 1.29 is 32.6 Å². The number of likely N-dealkylation sites (N-methyl/N-ethyl adjacent to an activating group) is 1. The third kappa shape index (κ3) is 4.84. The molecule has 31 heavy (non-hydrogen) atoms. The molecule has 0 unspecified atom stereocenters. The fraction of sp³-hybridized carbons (Fsp3) is 0.600. The molecule has 2 fully saturated rings. The fourth-order valence-electron chi connectivity index (χ4n) is 4.71. The molecule has 0 aromatic heterocycles. The summed E-state index contributed by atoms with van der Waals surface area (Å²) in [6, 6.07) is 4.94. The first-order valence-corrected chi connectivity index (χ1v) is 11.5. The average molecular weight is 456 g/mol. The summed E-state index contributed by atoms with van der Waals surface area (Å²) in [6.07, 6.45) is 1.91. The molecule has 2 heterocycles. The van der Waals surface area contributed by atoms with E-state index in [1.54, 1.807) is 23.5 Å². The van der Waals surface area contributed by atoms with Crippen molar-refractivity contribution in [1.29, 1.82) is 0 Å². The van der Waals surface area contributed by atoms with Crippen LogP contribution in [0.25, 0.3) is 0 Å². The summed E-state index contributed by atoms with van der Waals surface area (Å²) in [5, 5.41) is 9.56. The molecule has 0 radical (unpaired) electrons. The van der Waals surface area contributed by atoms with Gasteiger partial charge in [-0.25, -0.2) is 8.42 Å². The lowest BCUT2D eigenvalue weighted by atomic mass is 9.77. The third-order valence-corrected chi connectivity index (χ3v) is 8.07. The summed E-state index contributed by atoms with van der Waals surface area (Å²) in [5.74, 6) is 0.839. The number of carboxylic acid groups (broad SMARTS) is 1. The van der Waals surface area contributed by atoms with Gasteiger partial charge >= 0.3 is 0 Å². The predicted molar refractivity (Wildman–Crippen MR) is 113 cm³/mol. The zero-order valence-corrected chi connectivity index (χ0v) is 18.7. The molecule has 2 N–H and O–H groups in total. The molecule has 11 heteroatoms. The number of nitrogens with one attached hydrogen (secondary N) is 1. The monoisotopic (exact) mass is 455 g/mol. The molecule has 172 valence electrons. The Morgan fingerprint density at radius 3 is 2.52 bits per heavy atom. The van der Waals surface area contributed by atoms with E-state index in [1.165, 1.54) is 6.07 Å². The van der Waals surface area contributed by atoms with Gasteiger partial charge in [-0.2, -0.15) is 4.31 Å². The number of fused-ring (bicyclic) bond motifs is 2. The van der Waals surface area contributed by atoms with Crippen molar-refractivity contribution in [2.75, 3.05) is 46.2 Å². The number of carbonyl (C=O) groups excluding carboxylic acids is 1. The summed E-state index contributed by atoms with van der Waals surface area (Å²) < 4.78 is 39.1. The topological polar surface area (TPSA) is 125 Å². The van der Waals surface area contributed by atoms with E-state index in [-0.39, 0.29) is 30.0 Å². The maximum Gasteiger partial charge on any atom is 0.290 e. The maximum atomic E-state index is 13.2. The highest BCUT2D eigenvalue weighted by molar-refractivity contribution is 7.89. The first-order valence-electron chi connectivity index (χ1n) is 10.0. The lowest BCUT2D eigenvalue weighted by molar-refractivity contribution is -0.123. The number of anilines is 1. The highest BCUT2D eigenvalue weighted by Gasteiger charge is 2.46. The molecule has 0 bridgehead atoms. The van der Waals surface area contributed by atoms with Crippen LogP contribution in [0, 0.1) is 11.8 Å². The van der Waals surface area contributed by atoms with Gasteiger partial charge in [0.05, 0.1) is 16.7 Å². The quantitative estimate of drug-likeness (QED) is 0.636. The van der Waals surface area contributed by atoms with Gasteiger partial charge in [-0.1, -0.05) is 0 Å². The Bertz CT molecular complexity index is 921. The number of amides is 1. The van der Waals surface area contributed by atoms with E-state index in [0.717, 1.165) is 12.8 Å². The minimum absolute atomic E-state index is 0.0533. The number of nitrogens with zero attached hydrogens (tertiary/aromatic N) is 2.